The van der Waals surface area contributed by atoms with Crippen molar-refractivity contribution >= 4 is 17.0 Å². The number of aliphatic hydroxyl groups excluding tert-OH is 1. The number of rotatable bonds is 4. The van der Waals surface area contributed by atoms with Gasteiger partial charge in [0.25, 0.3) is 0 Å². The van der Waals surface area contributed by atoms with E-state index in [9.17, 15) is 9.50 Å². The Morgan fingerprint density at radius 2 is 2.29 bits per heavy atom. The molecule has 5 heteroatoms. The molecular formula is C12H16FN3O. The highest BCUT2D eigenvalue weighted by Gasteiger charge is 2.08. The molecule has 0 fully saturated rings. The molecule has 0 aliphatic heterocycles. The molecule has 0 saturated carbocycles. The summed E-state index contributed by atoms with van der Waals surface area (Å²) in [5, 5.41) is 9.22. The van der Waals surface area contributed by atoms with Crippen LogP contribution in [-0.4, -0.2) is 34.8 Å². The van der Waals surface area contributed by atoms with E-state index in [2.05, 4.69) is 9.97 Å². The van der Waals surface area contributed by atoms with Gasteiger partial charge in [0, 0.05) is 13.6 Å². The molecule has 1 aromatic carbocycles. The third kappa shape index (κ3) is 2.74. The summed E-state index contributed by atoms with van der Waals surface area (Å²) >= 11 is 0. The Bertz CT molecular complexity index is 509. The fraction of sp³-hybridized carbons (Fsp3) is 0.417. The summed E-state index contributed by atoms with van der Waals surface area (Å²) in [5.74, 6) is 0.408. The Morgan fingerprint density at radius 1 is 1.53 bits per heavy atom. The van der Waals surface area contributed by atoms with Crippen molar-refractivity contribution in [2.75, 3.05) is 18.5 Å². The quantitative estimate of drug-likeness (QED) is 0.854. The lowest BCUT2D eigenvalue weighted by Gasteiger charge is -2.16. The number of nitrogens with one attached hydrogen (secondary N) is 1. The summed E-state index contributed by atoms with van der Waals surface area (Å²) in [6, 6.07) is 4.46. The zero-order valence-corrected chi connectivity index (χ0v) is 9.94. The predicted molar refractivity (Wildman–Crippen MR) is 65.6 cm³/mol. The summed E-state index contributed by atoms with van der Waals surface area (Å²) in [5.41, 5.74) is 1.43. The molecule has 1 aromatic heterocycles. The van der Waals surface area contributed by atoms with Crippen molar-refractivity contribution < 1.29 is 9.50 Å². The topological polar surface area (TPSA) is 52.1 Å². The van der Waals surface area contributed by atoms with E-state index in [1.54, 1.807) is 13.0 Å². The fourth-order valence-corrected chi connectivity index (χ4v) is 1.64. The SMILES string of the molecule is CC(O)CCN(C)c1nc2ccc(F)cc2[nH]1. The van der Waals surface area contributed by atoms with Crippen LogP contribution in [0.25, 0.3) is 11.0 Å². The number of benzene rings is 1. The van der Waals surface area contributed by atoms with Gasteiger partial charge < -0.3 is 15.0 Å². The van der Waals surface area contributed by atoms with Gasteiger partial charge in [-0.3, -0.25) is 0 Å². The second-order valence-electron chi connectivity index (χ2n) is 4.28. The molecule has 1 unspecified atom stereocenters. The molecule has 92 valence electrons. The third-order valence-corrected chi connectivity index (χ3v) is 2.68. The average molecular weight is 237 g/mol. The van der Waals surface area contributed by atoms with E-state index in [1.165, 1.54) is 12.1 Å². The molecule has 2 N–H and O–H groups in total. The zero-order valence-electron chi connectivity index (χ0n) is 9.94. The molecule has 2 aromatic rings. The number of aliphatic hydroxyl groups is 1. The van der Waals surface area contributed by atoms with Gasteiger partial charge in [-0.25, -0.2) is 9.37 Å². The monoisotopic (exact) mass is 237 g/mol. The Balaban J connectivity index is 2.18. The number of hydrogen-bond acceptors (Lipinski definition) is 3. The van der Waals surface area contributed by atoms with Crippen molar-refractivity contribution in [3.05, 3.63) is 24.0 Å². The first-order valence-corrected chi connectivity index (χ1v) is 5.61. The Morgan fingerprint density at radius 3 is 3.00 bits per heavy atom. The number of fused-ring (bicyclic) bond motifs is 1. The van der Waals surface area contributed by atoms with Crippen LogP contribution in [0, 0.1) is 5.82 Å². The van der Waals surface area contributed by atoms with Crippen LogP contribution < -0.4 is 4.90 Å². The van der Waals surface area contributed by atoms with Crippen molar-refractivity contribution in [1.29, 1.82) is 0 Å². The number of hydrogen-bond donors (Lipinski definition) is 2. The second-order valence-corrected chi connectivity index (χ2v) is 4.28. The molecule has 0 aliphatic carbocycles. The summed E-state index contributed by atoms with van der Waals surface area (Å²) in [6.45, 7) is 2.45. The summed E-state index contributed by atoms with van der Waals surface area (Å²) in [7, 11) is 1.89. The van der Waals surface area contributed by atoms with E-state index in [4.69, 9.17) is 0 Å². The maximum Gasteiger partial charge on any atom is 0.203 e. The predicted octanol–water partition coefficient (Wildman–Crippen LogP) is 1.91. The van der Waals surface area contributed by atoms with E-state index >= 15 is 0 Å². The molecule has 17 heavy (non-hydrogen) atoms. The van der Waals surface area contributed by atoms with Gasteiger partial charge >= 0.3 is 0 Å². The van der Waals surface area contributed by atoms with Crippen LogP contribution in [0.15, 0.2) is 18.2 Å². The maximum absolute atomic E-state index is 13.0. The highest BCUT2D eigenvalue weighted by Crippen LogP contribution is 2.17. The van der Waals surface area contributed by atoms with Gasteiger partial charge in [-0.1, -0.05) is 0 Å². The first-order valence-electron chi connectivity index (χ1n) is 5.61. The number of halogens is 1. The molecule has 4 nitrogen and oxygen atoms in total. The number of imidazole rings is 1. The van der Waals surface area contributed by atoms with Crippen molar-refractivity contribution in [3.8, 4) is 0 Å². The van der Waals surface area contributed by atoms with Crippen LogP contribution in [-0.2, 0) is 0 Å². The van der Waals surface area contributed by atoms with E-state index in [0.717, 1.165) is 5.52 Å². The second kappa shape index (κ2) is 4.71. The van der Waals surface area contributed by atoms with E-state index in [0.29, 0.717) is 24.4 Å². The van der Waals surface area contributed by atoms with Gasteiger partial charge in [0.1, 0.15) is 5.82 Å². The van der Waals surface area contributed by atoms with Gasteiger partial charge in [-0.15, -0.1) is 0 Å². The van der Waals surface area contributed by atoms with Crippen LogP contribution in [0.1, 0.15) is 13.3 Å². The van der Waals surface area contributed by atoms with Crippen LogP contribution >= 0.6 is 0 Å². The minimum absolute atomic E-state index is 0.278. The standard InChI is InChI=1S/C12H16FN3O/c1-8(17)5-6-16(2)12-14-10-4-3-9(13)7-11(10)15-12/h3-4,7-8,17H,5-6H2,1-2H3,(H,14,15). The van der Waals surface area contributed by atoms with Gasteiger partial charge in [0.05, 0.1) is 17.1 Å². The summed E-state index contributed by atoms with van der Waals surface area (Å²) in [4.78, 5) is 9.31. The fourth-order valence-electron chi connectivity index (χ4n) is 1.64. The first kappa shape index (κ1) is 11.9. The van der Waals surface area contributed by atoms with Crippen LogP contribution in [0.2, 0.25) is 0 Å². The Hall–Kier alpha value is -1.62. The lowest BCUT2D eigenvalue weighted by atomic mass is 10.3. The number of nitrogens with zero attached hydrogens (tertiary/aromatic N) is 2. The molecule has 2 rings (SSSR count). The van der Waals surface area contributed by atoms with Crippen molar-refractivity contribution in [3.63, 3.8) is 0 Å². The maximum atomic E-state index is 13.0. The largest absolute Gasteiger partial charge is 0.393 e. The highest BCUT2D eigenvalue weighted by atomic mass is 19.1. The van der Waals surface area contributed by atoms with Crippen molar-refractivity contribution in [1.82, 2.24) is 9.97 Å². The Kier molecular flexibility index (Phi) is 3.28. The lowest BCUT2D eigenvalue weighted by Crippen LogP contribution is -2.22. The third-order valence-electron chi connectivity index (χ3n) is 2.68. The first-order chi connectivity index (χ1) is 8.06. The number of aromatic amines is 1. The molecule has 0 bridgehead atoms. The van der Waals surface area contributed by atoms with Gasteiger partial charge in [-0.2, -0.15) is 0 Å². The van der Waals surface area contributed by atoms with E-state index < -0.39 is 0 Å². The molecule has 1 atom stereocenters. The van der Waals surface area contributed by atoms with E-state index in [1.807, 2.05) is 11.9 Å². The molecule has 0 spiro atoms. The lowest BCUT2D eigenvalue weighted by molar-refractivity contribution is 0.186. The van der Waals surface area contributed by atoms with E-state index in [-0.39, 0.29) is 11.9 Å². The molecule has 0 amide bonds. The van der Waals surface area contributed by atoms with Crippen molar-refractivity contribution in [2.24, 2.45) is 0 Å². The summed E-state index contributed by atoms with van der Waals surface area (Å²) < 4.78 is 13.0. The molecule has 0 radical (unpaired) electrons. The Labute approximate surface area is 99.1 Å². The summed E-state index contributed by atoms with van der Waals surface area (Å²) in [6.07, 6.45) is 0.335. The molecular weight excluding hydrogens is 221 g/mol. The van der Waals surface area contributed by atoms with Gasteiger partial charge in [-0.05, 0) is 31.5 Å². The minimum atomic E-state index is -0.334. The van der Waals surface area contributed by atoms with Crippen molar-refractivity contribution in [2.45, 2.75) is 19.4 Å². The molecule has 0 aliphatic rings. The highest BCUT2D eigenvalue weighted by molar-refractivity contribution is 5.77. The average Bonchev–Trinajstić information content (AvgIpc) is 2.68. The van der Waals surface area contributed by atoms with Crippen LogP contribution in [0.5, 0.6) is 0 Å². The smallest absolute Gasteiger partial charge is 0.203 e. The number of anilines is 1. The molecule has 0 saturated heterocycles. The molecule has 1 heterocycles. The number of aromatic nitrogens is 2. The van der Waals surface area contributed by atoms with Crippen LogP contribution in [0.4, 0.5) is 10.3 Å². The zero-order chi connectivity index (χ0) is 12.4. The van der Waals surface area contributed by atoms with Gasteiger partial charge in [0.2, 0.25) is 5.95 Å². The normalized spacial score (nSPS) is 12.9. The van der Waals surface area contributed by atoms with Crippen LogP contribution in [0.3, 0.4) is 0 Å². The minimum Gasteiger partial charge on any atom is -0.393 e. The number of H-pyrrole nitrogens is 1. The van der Waals surface area contributed by atoms with Gasteiger partial charge in [0.15, 0.2) is 0 Å².